The molecule has 2 fully saturated rings. The highest BCUT2D eigenvalue weighted by Crippen LogP contribution is 2.32. The van der Waals surface area contributed by atoms with Crippen molar-refractivity contribution >= 4 is 0 Å². The third kappa shape index (κ3) is 16.6. The molecule has 2 saturated carbocycles. The number of ether oxygens (including phenoxy) is 6. The molecule has 2 aliphatic rings. The maximum Gasteiger partial charge on any atom is 0.204 e. The molecule has 8 nitrogen and oxygen atoms in total. The normalized spacial score (nSPS) is 19.9. The van der Waals surface area contributed by atoms with Crippen LogP contribution in [0, 0.1) is 35.1 Å². The highest BCUT2D eigenvalue weighted by molar-refractivity contribution is 5.36. The van der Waals surface area contributed by atoms with Gasteiger partial charge in [-0.25, -0.2) is 9.78 Å². The second-order valence-corrected chi connectivity index (χ2v) is 15.1. The number of hydrogen-bond acceptors (Lipinski definition) is 8. The van der Waals surface area contributed by atoms with E-state index in [9.17, 15) is 17.6 Å². The van der Waals surface area contributed by atoms with Crippen LogP contribution in [0.15, 0.2) is 24.3 Å². The minimum absolute atomic E-state index is 0.0646. The van der Waals surface area contributed by atoms with E-state index < -0.39 is 23.3 Å². The Labute approximate surface area is 332 Å². The van der Waals surface area contributed by atoms with Gasteiger partial charge in [0, 0.05) is 13.2 Å². The molecule has 0 atom stereocenters. The van der Waals surface area contributed by atoms with E-state index in [0.717, 1.165) is 129 Å². The molecule has 0 amide bonds. The van der Waals surface area contributed by atoms with Gasteiger partial charge in [0.15, 0.2) is 23.0 Å². The van der Waals surface area contributed by atoms with E-state index in [1.807, 2.05) is 0 Å². The molecule has 0 spiro atoms. The molecule has 2 aromatic rings. The number of halogens is 4. The fourth-order valence-corrected chi connectivity index (χ4v) is 7.34. The number of benzene rings is 2. The predicted molar refractivity (Wildman–Crippen MR) is 208 cm³/mol. The Hall–Kier alpha value is -2.80. The van der Waals surface area contributed by atoms with Crippen molar-refractivity contribution in [1.29, 1.82) is 0 Å². The summed E-state index contributed by atoms with van der Waals surface area (Å²) in [7, 11) is 0. The smallest absolute Gasteiger partial charge is 0.204 e. The summed E-state index contributed by atoms with van der Waals surface area (Å²) < 4.78 is 90.3. The topological polar surface area (TPSA) is 73.8 Å². The Bertz CT molecular complexity index is 1250. The second kappa shape index (κ2) is 27.0. The van der Waals surface area contributed by atoms with E-state index in [2.05, 4.69) is 0 Å². The van der Waals surface area contributed by atoms with Gasteiger partial charge in [-0.1, -0.05) is 38.5 Å². The largest absolute Gasteiger partial charge is 0.491 e. The van der Waals surface area contributed by atoms with Crippen LogP contribution in [0.4, 0.5) is 17.6 Å². The van der Waals surface area contributed by atoms with Crippen molar-refractivity contribution in [1.82, 2.24) is 0 Å². The average molecular weight is 799 g/mol. The first-order chi connectivity index (χ1) is 27.4. The van der Waals surface area contributed by atoms with E-state index >= 15 is 0 Å². The van der Waals surface area contributed by atoms with Crippen LogP contribution in [-0.4, -0.2) is 65.1 Å². The van der Waals surface area contributed by atoms with Crippen molar-refractivity contribution < 1.29 is 55.8 Å². The van der Waals surface area contributed by atoms with Gasteiger partial charge in [0.2, 0.25) is 23.3 Å². The third-order valence-electron chi connectivity index (χ3n) is 10.7. The quantitative estimate of drug-likeness (QED) is 0.0349. The van der Waals surface area contributed by atoms with Crippen molar-refractivity contribution in [2.24, 2.45) is 11.8 Å². The highest BCUT2D eigenvalue weighted by atomic mass is 19.2. The third-order valence-corrected chi connectivity index (χ3v) is 10.7. The summed E-state index contributed by atoms with van der Waals surface area (Å²) in [5, 5.41) is 0. The Balaban J connectivity index is 0.855. The fourth-order valence-electron chi connectivity index (χ4n) is 7.34. The van der Waals surface area contributed by atoms with Crippen LogP contribution in [0.25, 0.3) is 0 Å². The lowest BCUT2D eigenvalue weighted by molar-refractivity contribution is -0.295. The van der Waals surface area contributed by atoms with E-state index in [1.165, 1.54) is 24.3 Å². The van der Waals surface area contributed by atoms with Crippen LogP contribution in [0.1, 0.15) is 129 Å². The van der Waals surface area contributed by atoms with E-state index in [0.29, 0.717) is 38.3 Å². The molecule has 0 radical (unpaired) electrons. The lowest BCUT2D eigenvalue weighted by atomic mass is 9.88. The van der Waals surface area contributed by atoms with Gasteiger partial charge in [-0.15, -0.1) is 0 Å². The number of unbranched alkanes of at least 4 members (excludes halogenated alkanes) is 8. The molecular weight excluding hydrogens is 732 g/mol. The minimum atomic E-state index is -1.00. The molecule has 318 valence electrons. The molecule has 0 aromatic heterocycles. The van der Waals surface area contributed by atoms with E-state index in [1.54, 1.807) is 13.8 Å². The summed E-state index contributed by atoms with van der Waals surface area (Å²) >= 11 is 0. The summed E-state index contributed by atoms with van der Waals surface area (Å²) in [6.45, 7) is 7.53. The average Bonchev–Trinajstić information content (AvgIpc) is 3.21. The highest BCUT2D eigenvalue weighted by Gasteiger charge is 2.25. The molecule has 0 bridgehead atoms. The predicted octanol–water partition coefficient (Wildman–Crippen LogP) is 11.5. The van der Waals surface area contributed by atoms with Crippen molar-refractivity contribution in [3.8, 4) is 23.0 Å². The molecule has 12 heteroatoms. The summed E-state index contributed by atoms with van der Waals surface area (Å²) in [6, 6.07) is 5.69. The summed E-state index contributed by atoms with van der Waals surface area (Å²) in [4.78, 5) is 10.7. The van der Waals surface area contributed by atoms with Gasteiger partial charge < -0.3 is 28.4 Å². The van der Waals surface area contributed by atoms with E-state index in [4.69, 9.17) is 38.2 Å². The first kappa shape index (κ1) is 45.9. The van der Waals surface area contributed by atoms with Gasteiger partial charge in [0.05, 0.1) is 51.8 Å². The molecule has 0 N–H and O–H groups in total. The maximum absolute atomic E-state index is 14.3. The summed E-state index contributed by atoms with van der Waals surface area (Å²) in [5.74, 6) is -3.68. The van der Waals surface area contributed by atoms with Gasteiger partial charge in [0.25, 0.3) is 0 Å². The molecule has 0 aliphatic heterocycles. The molecule has 2 aliphatic carbocycles. The van der Waals surface area contributed by atoms with Crippen LogP contribution >= 0.6 is 0 Å². The Morgan fingerprint density at radius 3 is 1.05 bits per heavy atom. The van der Waals surface area contributed by atoms with Gasteiger partial charge >= 0.3 is 0 Å². The second-order valence-electron chi connectivity index (χ2n) is 15.1. The Morgan fingerprint density at radius 1 is 0.411 bits per heavy atom. The van der Waals surface area contributed by atoms with Crippen LogP contribution < -0.4 is 18.9 Å². The zero-order valence-electron chi connectivity index (χ0n) is 33.8. The maximum atomic E-state index is 14.3. The summed E-state index contributed by atoms with van der Waals surface area (Å²) in [5.41, 5.74) is 0. The summed E-state index contributed by atoms with van der Waals surface area (Å²) in [6.07, 6.45) is 19.1. The first-order valence-corrected chi connectivity index (χ1v) is 21.3. The first-order valence-electron chi connectivity index (χ1n) is 21.3. The van der Waals surface area contributed by atoms with Crippen LogP contribution in [0.2, 0.25) is 0 Å². The molecule has 0 unspecified atom stereocenters. The molecule has 4 rings (SSSR count). The van der Waals surface area contributed by atoms with Crippen molar-refractivity contribution in [3.63, 3.8) is 0 Å². The standard InChI is InChI=1S/C44H66F4O8/c1-3-49-37-23-25-39(43(47)41(37)45)53-31-33-15-19-35(20-16-33)51-27-11-7-5-9-13-29-55-56-30-14-10-6-8-12-28-52-36-21-17-34(18-22-36)32-54-40-26-24-38(50-4-2)42(46)44(40)48/h23-26,33-36H,3-22,27-32H2,1-2H3. The number of hydrogen-bond donors (Lipinski definition) is 0. The van der Waals surface area contributed by atoms with Gasteiger partial charge in [-0.3, -0.25) is 0 Å². The van der Waals surface area contributed by atoms with E-state index in [-0.39, 0.29) is 48.4 Å². The van der Waals surface area contributed by atoms with Crippen molar-refractivity contribution in [3.05, 3.63) is 47.5 Å². The SMILES string of the molecule is CCOc1ccc(OCC2CCC(OCCCCCCCOOCCCCCCCOC3CCC(COc4ccc(OCC)c(F)c4F)CC3)CC2)c(F)c1F. The van der Waals surface area contributed by atoms with Crippen LogP contribution in [0.5, 0.6) is 23.0 Å². The molecule has 0 saturated heterocycles. The Morgan fingerprint density at radius 2 is 0.714 bits per heavy atom. The molecule has 56 heavy (non-hydrogen) atoms. The lowest BCUT2D eigenvalue weighted by Crippen LogP contribution is -2.25. The molecule has 0 heterocycles. The molecule has 2 aromatic carbocycles. The van der Waals surface area contributed by atoms with Crippen molar-refractivity contribution in [2.75, 3.05) is 52.9 Å². The fraction of sp³-hybridized carbons (Fsp3) is 0.727. The van der Waals surface area contributed by atoms with Crippen LogP contribution in [-0.2, 0) is 19.2 Å². The zero-order valence-corrected chi connectivity index (χ0v) is 33.8. The zero-order chi connectivity index (χ0) is 39.8. The minimum Gasteiger partial charge on any atom is -0.491 e. The van der Waals surface area contributed by atoms with Gasteiger partial charge in [-0.2, -0.15) is 17.6 Å². The Kier molecular flexibility index (Phi) is 22.1. The van der Waals surface area contributed by atoms with Gasteiger partial charge in [0.1, 0.15) is 0 Å². The lowest BCUT2D eigenvalue weighted by Gasteiger charge is -2.28. The number of rotatable bonds is 29. The van der Waals surface area contributed by atoms with Crippen LogP contribution in [0.3, 0.4) is 0 Å². The van der Waals surface area contributed by atoms with Crippen molar-refractivity contribution in [2.45, 2.75) is 142 Å². The molecular formula is C44H66F4O8. The van der Waals surface area contributed by atoms with Gasteiger partial charge in [-0.05, 0) is 127 Å². The monoisotopic (exact) mass is 798 g/mol.